The number of ether oxygens (including phenoxy) is 1. The highest BCUT2D eigenvalue weighted by atomic mass is 35.5. The summed E-state index contributed by atoms with van der Waals surface area (Å²) in [6, 6.07) is 12.5. The number of carbonyl (C=O) groups is 2. The molecule has 0 saturated heterocycles. The van der Waals surface area contributed by atoms with E-state index < -0.39 is 17.4 Å². The van der Waals surface area contributed by atoms with Crippen molar-refractivity contribution in [2.75, 3.05) is 6.61 Å². The molecular weight excluding hydrogens is 419 g/mol. The minimum Gasteiger partial charge on any atom is -0.494 e. The minimum absolute atomic E-state index is 0.0161. The maximum Gasteiger partial charge on any atom is 0.242 e. The summed E-state index contributed by atoms with van der Waals surface area (Å²) in [5.41, 5.74) is -0.0755. The monoisotopic (exact) mass is 448 g/mol. The van der Waals surface area contributed by atoms with Gasteiger partial charge in [-0.1, -0.05) is 29.8 Å². The van der Waals surface area contributed by atoms with E-state index in [1.165, 1.54) is 11.0 Å². The molecule has 0 aliphatic carbocycles. The van der Waals surface area contributed by atoms with Crippen molar-refractivity contribution in [3.8, 4) is 5.75 Å². The number of benzene rings is 2. The van der Waals surface area contributed by atoms with E-state index in [0.29, 0.717) is 29.4 Å². The van der Waals surface area contributed by atoms with Crippen LogP contribution >= 0.6 is 11.6 Å². The van der Waals surface area contributed by atoms with Crippen LogP contribution in [0.4, 0.5) is 4.39 Å². The number of carbonyl (C=O) groups excluding carboxylic acids is 2. The number of halogens is 2. The SMILES string of the molecule is C[C@H](C(=O)NC(C)(C)C)N(Cc1ccccc1F)C(=O)CCCOc1ccc(Cl)cc1. The molecule has 0 fully saturated rings. The molecule has 7 heteroatoms. The molecule has 0 unspecified atom stereocenters. The van der Waals surface area contributed by atoms with Gasteiger partial charge >= 0.3 is 0 Å². The van der Waals surface area contributed by atoms with Gasteiger partial charge in [-0.05, 0) is 64.4 Å². The lowest BCUT2D eigenvalue weighted by Crippen LogP contribution is -2.52. The van der Waals surface area contributed by atoms with Gasteiger partial charge in [0.15, 0.2) is 0 Å². The summed E-state index contributed by atoms with van der Waals surface area (Å²) in [4.78, 5) is 27.1. The molecule has 1 N–H and O–H groups in total. The molecule has 1 atom stereocenters. The van der Waals surface area contributed by atoms with Gasteiger partial charge in [0.05, 0.1) is 6.61 Å². The summed E-state index contributed by atoms with van der Waals surface area (Å²) in [5, 5.41) is 3.51. The van der Waals surface area contributed by atoms with Gasteiger partial charge in [0.1, 0.15) is 17.6 Å². The number of nitrogens with one attached hydrogen (secondary N) is 1. The van der Waals surface area contributed by atoms with Crippen LogP contribution in [0.5, 0.6) is 5.75 Å². The highest BCUT2D eigenvalue weighted by Gasteiger charge is 2.28. The molecule has 2 rings (SSSR count). The van der Waals surface area contributed by atoms with Crippen LogP contribution in [0.15, 0.2) is 48.5 Å². The quantitative estimate of drug-likeness (QED) is 0.551. The fourth-order valence-corrected chi connectivity index (χ4v) is 3.08. The highest BCUT2D eigenvalue weighted by molar-refractivity contribution is 6.30. The molecule has 0 radical (unpaired) electrons. The van der Waals surface area contributed by atoms with Crippen molar-refractivity contribution in [3.05, 3.63) is 64.9 Å². The van der Waals surface area contributed by atoms with Crippen molar-refractivity contribution >= 4 is 23.4 Å². The third kappa shape index (κ3) is 8.21. The van der Waals surface area contributed by atoms with Gasteiger partial charge in [-0.25, -0.2) is 4.39 Å². The van der Waals surface area contributed by atoms with Gasteiger partial charge in [0.2, 0.25) is 11.8 Å². The second-order valence-corrected chi connectivity index (χ2v) is 8.87. The van der Waals surface area contributed by atoms with Crippen LogP contribution in [-0.2, 0) is 16.1 Å². The molecule has 2 aromatic carbocycles. The van der Waals surface area contributed by atoms with Gasteiger partial charge < -0.3 is 15.0 Å². The van der Waals surface area contributed by atoms with Crippen LogP contribution in [0.3, 0.4) is 0 Å². The first-order chi connectivity index (χ1) is 14.6. The Bertz CT molecular complexity index is 881. The average molecular weight is 449 g/mol. The van der Waals surface area contributed by atoms with Crippen LogP contribution < -0.4 is 10.1 Å². The zero-order valence-electron chi connectivity index (χ0n) is 18.5. The van der Waals surface area contributed by atoms with E-state index in [0.717, 1.165) is 0 Å². The minimum atomic E-state index is -0.747. The molecule has 0 spiro atoms. The van der Waals surface area contributed by atoms with Crippen molar-refractivity contribution in [2.24, 2.45) is 0 Å². The zero-order valence-corrected chi connectivity index (χ0v) is 19.2. The molecule has 168 valence electrons. The Morgan fingerprint density at radius 3 is 2.39 bits per heavy atom. The number of amides is 2. The van der Waals surface area contributed by atoms with E-state index in [1.807, 2.05) is 20.8 Å². The predicted octanol–water partition coefficient (Wildman–Crippen LogP) is 4.97. The van der Waals surface area contributed by atoms with Crippen LogP contribution in [0.1, 0.15) is 46.1 Å². The van der Waals surface area contributed by atoms with Crippen molar-refractivity contribution in [1.29, 1.82) is 0 Å². The zero-order chi connectivity index (χ0) is 23.0. The third-order valence-corrected chi connectivity index (χ3v) is 4.83. The third-order valence-electron chi connectivity index (χ3n) is 4.58. The number of hydrogen-bond donors (Lipinski definition) is 1. The summed E-state index contributed by atoms with van der Waals surface area (Å²) in [6.45, 7) is 7.62. The topological polar surface area (TPSA) is 58.6 Å². The van der Waals surface area contributed by atoms with Crippen LogP contribution in [0, 0.1) is 5.82 Å². The summed E-state index contributed by atoms with van der Waals surface area (Å²) in [7, 11) is 0. The lowest BCUT2D eigenvalue weighted by atomic mass is 10.1. The lowest BCUT2D eigenvalue weighted by Gasteiger charge is -2.31. The first-order valence-corrected chi connectivity index (χ1v) is 10.7. The molecule has 0 aromatic heterocycles. The predicted molar refractivity (Wildman–Crippen MR) is 120 cm³/mol. The fraction of sp³-hybridized carbons (Fsp3) is 0.417. The smallest absolute Gasteiger partial charge is 0.242 e. The summed E-state index contributed by atoms with van der Waals surface area (Å²) < 4.78 is 19.8. The molecular formula is C24H30ClFN2O3. The van der Waals surface area contributed by atoms with Crippen LogP contribution in [-0.4, -0.2) is 34.9 Å². The maximum absolute atomic E-state index is 14.2. The summed E-state index contributed by atoms with van der Waals surface area (Å²) >= 11 is 5.86. The van der Waals surface area contributed by atoms with Crippen LogP contribution in [0.25, 0.3) is 0 Å². The van der Waals surface area contributed by atoms with E-state index in [-0.39, 0.29) is 24.8 Å². The Kier molecular flexibility index (Phi) is 8.87. The Hall–Kier alpha value is -2.60. The molecule has 31 heavy (non-hydrogen) atoms. The Morgan fingerprint density at radius 2 is 1.77 bits per heavy atom. The molecule has 0 heterocycles. The van der Waals surface area contributed by atoms with E-state index in [4.69, 9.17) is 16.3 Å². The Balaban J connectivity index is 2.03. The van der Waals surface area contributed by atoms with Gasteiger partial charge in [0.25, 0.3) is 0 Å². The summed E-state index contributed by atoms with van der Waals surface area (Å²) in [6.07, 6.45) is 0.637. The van der Waals surface area contributed by atoms with Crippen molar-refractivity contribution in [3.63, 3.8) is 0 Å². The largest absolute Gasteiger partial charge is 0.494 e. The van der Waals surface area contributed by atoms with E-state index in [9.17, 15) is 14.0 Å². The number of rotatable bonds is 9. The van der Waals surface area contributed by atoms with E-state index >= 15 is 0 Å². The van der Waals surface area contributed by atoms with Gasteiger partial charge in [0, 0.05) is 29.1 Å². The van der Waals surface area contributed by atoms with Gasteiger partial charge in [-0.15, -0.1) is 0 Å². The first-order valence-electron chi connectivity index (χ1n) is 10.3. The molecule has 2 amide bonds. The highest BCUT2D eigenvalue weighted by Crippen LogP contribution is 2.17. The van der Waals surface area contributed by atoms with Crippen LogP contribution in [0.2, 0.25) is 5.02 Å². The van der Waals surface area contributed by atoms with Gasteiger partial charge in [-0.3, -0.25) is 9.59 Å². The Morgan fingerprint density at radius 1 is 1.13 bits per heavy atom. The molecule has 5 nitrogen and oxygen atoms in total. The van der Waals surface area contributed by atoms with E-state index in [1.54, 1.807) is 49.4 Å². The standard InChI is InChI=1S/C24H30ClFN2O3/c1-17(23(30)27-24(2,3)4)28(16-18-8-5-6-9-21(18)26)22(29)10-7-15-31-20-13-11-19(25)12-14-20/h5-6,8-9,11-14,17H,7,10,15-16H2,1-4H3,(H,27,30)/t17-/m1/s1. The van der Waals surface area contributed by atoms with Crippen molar-refractivity contribution in [1.82, 2.24) is 10.2 Å². The summed E-state index contributed by atoms with van der Waals surface area (Å²) in [5.74, 6) is -0.262. The van der Waals surface area contributed by atoms with E-state index in [2.05, 4.69) is 5.32 Å². The molecule has 2 aromatic rings. The second-order valence-electron chi connectivity index (χ2n) is 8.43. The molecule has 0 aliphatic rings. The van der Waals surface area contributed by atoms with Crippen molar-refractivity contribution in [2.45, 2.75) is 58.7 Å². The lowest BCUT2D eigenvalue weighted by molar-refractivity contribution is -0.141. The van der Waals surface area contributed by atoms with Gasteiger partial charge in [-0.2, -0.15) is 0 Å². The molecule has 0 bridgehead atoms. The normalized spacial score (nSPS) is 12.2. The first kappa shape index (κ1) is 24.7. The Labute approximate surface area is 188 Å². The molecule has 0 saturated carbocycles. The maximum atomic E-state index is 14.2. The second kappa shape index (κ2) is 11.1. The number of nitrogens with zero attached hydrogens (tertiary/aromatic N) is 1. The fourth-order valence-electron chi connectivity index (χ4n) is 2.95. The van der Waals surface area contributed by atoms with Crippen molar-refractivity contribution < 1.29 is 18.7 Å². The average Bonchev–Trinajstić information content (AvgIpc) is 2.70. The molecule has 0 aliphatic heterocycles. The number of hydrogen-bond acceptors (Lipinski definition) is 3.